The van der Waals surface area contributed by atoms with E-state index in [0.717, 1.165) is 12.1 Å². The lowest BCUT2D eigenvalue weighted by atomic mass is 10.0. The third-order valence-electron chi connectivity index (χ3n) is 2.15. The number of aromatic hydroxyl groups is 2. The van der Waals surface area contributed by atoms with E-state index in [1.165, 1.54) is 0 Å². The van der Waals surface area contributed by atoms with Gasteiger partial charge in [0.05, 0.1) is 4.92 Å². The van der Waals surface area contributed by atoms with Crippen molar-refractivity contribution in [2.75, 3.05) is 0 Å². The molecule has 1 aromatic rings. The van der Waals surface area contributed by atoms with Crippen molar-refractivity contribution in [1.29, 1.82) is 0 Å². The number of nitrogens with two attached hydrogens (primary N) is 1. The first kappa shape index (κ1) is 13.1. The Bertz CT molecular complexity index is 439. The molecule has 0 aliphatic rings. The minimum atomic E-state index is -2.67. The number of phenols is 2. The molecule has 0 fully saturated rings. The molecule has 1 rings (SSSR count). The number of hydrogen-bond donors (Lipinski definition) is 3. The maximum absolute atomic E-state index is 12.1. The Morgan fingerprint density at radius 2 is 2.00 bits per heavy atom. The van der Waals surface area contributed by atoms with Crippen LogP contribution in [0.4, 0.5) is 14.5 Å². The molecule has 0 bridgehead atoms. The molecule has 94 valence electrons. The van der Waals surface area contributed by atoms with Gasteiger partial charge in [-0.15, -0.1) is 0 Å². The van der Waals surface area contributed by atoms with Gasteiger partial charge in [-0.1, -0.05) is 0 Å². The summed E-state index contributed by atoms with van der Waals surface area (Å²) in [5, 5.41) is 28.9. The van der Waals surface area contributed by atoms with Crippen LogP contribution in [-0.2, 0) is 0 Å². The zero-order chi connectivity index (χ0) is 13.2. The van der Waals surface area contributed by atoms with Gasteiger partial charge in [-0.05, 0) is 11.6 Å². The SMILES string of the molecule is N[C@@H](CC(F)F)c1cc(O)c(O)c([N+](=O)[O-])c1. The molecule has 0 amide bonds. The van der Waals surface area contributed by atoms with E-state index in [9.17, 15) is 29.1 Å². The summed E-state index contributed by atoms with van der Waals surface area (Å²) in [5.41, 5.74) is 4.58. The lowest BCUT2D eigenvalue weighted by Crippen LogP contribution is -2.14. The van der Waals surface area contributed by atoms with Crippen molar-refractivity contribution in [3.8, 4) is 11.5 Å². The highest BCUT2D eigenvalue weighted by Crippen LogP contribution is 2.38. The minimum Gasteiger partial charge on any atom is -0.504 e. The average molecular weight is 248 g/mol. The van der Waals surface area contributed by atoms with E-state index < -0.39 is 41.0 Å². The molecule has 8 heteroatoms. The monoisotopic (exact) mass is 248 g/mol. The number of benzene rings is 1. The first-order valence-corrected chi connectivity index (χ1v) is 4.57. The van der Waals surface area contributed by atoms with Crippen LogP contribution in [0.15, 0.2) is 12.1 Å². The van der Waals surface area contributed by atoms with Gasteiger partial charge in [0, 0.05) is 18.5 Å². The fourth-order valence-electron chi connectivity index (χ4n) is 1.31. The van der Waals surface area contributed by atoms with E-state index >= 15 is 0 Å². The fraction of sp³-hybridized carbons (Fsp3) is 0.333. The summed E-state index contributed by atoms with van der Waals surface area (Å²) in [5.74, 6) is -1.68. The van der Waals surface area contributed by atoms with Gasteiger partial charge in [0.15, 0.2) is 5.75 Å². The molecule has 0 unspecified atom stereocenters. The van der Waals surface area contributed by atoms with Gasteiger partial charge < -0.3 is 15.9 Å². The predicted molar refractivity (Wildman–Crippen MR) is 54.0 cm³/mol. The Morgan fingerprint density at radius 1 is 1.41 bits per heavy atom. The van der Waals surface area contributed by atoms with E-state index in [0.29, 0.717) is 0 Å². The zero-order valence-electron chi connectivity index (χ0n) is 8.51. The van der Waals surface area contributed by atoms with Crippen LogP contribution in [0.5, 0.6) is 11.5 Å². The smallest absolute Gasteiger partial charge is 0.314 e. The van der Waals surface area contributed by atoms with Crippen LogP contribution in [-0.4, -0.2) is 21.6 Å². The molecule has 17 heavy (non-hydrogen) atoms. The van der Waals surface area contributed by atoms with Gasteiger partial charge in [-0.3, -0.25) is 10.1 Å². The van der Waals surface area contributed by atoms with Crippen LogP contribution in [0.25, 0.3) is 0 Å². The second-order valence-corrected chi connectivity index (χ2v) is 3.40. The number of hydrogen-bond acceptors (Lipinski definition) is 5. The lowest BCUT2D eigenvalue weighted by molar-refractivity contribution is -0.386. The Kier molecular flexibility index (Phi) is 3.79. The van der Waals surface area contributed by atoms with Crippen molar-refractivity contribution in [3.63, 3.8) is 0 Å². The Balaban J connectivity index is 3.14. The van der Waals surface area contributed by atoms with Crippen molar-refractivity contribution in [2.24, 2.45) is 5.73 Å². The van der Waals surface area contributed by atoms with Gasteiger partial charge in [0.25, 0.3) is 0 Å². The van der Waals surface area contributed by atoms with Gasteiger partial charge in [0.2, 0.25) is 12.2 Å². The van der Waals surface area contributed by atoms with Gasteiger partial charge in [-0.2, -0.15) is 0 Å². The maximum atomic E-state index is 12.1. The number of phenolic OH excluding ortho intramolecular Hbond substituents is 2. The Hall–Kier alpha value is -1.96. The molecule has 1 aromatic carbocycles. The second kappa shape index (κ2) is 4.91. The summed E-state index contributed by atoms with van der Waals surface area (Å²) >= 11 is 0. The summed E-state index contributed by atoms with van der Waals surface area (Å²) in [4.78, 5) is 9.58. The third-order valence-corrected chi connectivity index (χ3v) is 2.15. The van der Waals surface area contributed by atoms with Crippen LogP contribution >= 0.6 is 0 Å². The highest BCUT2D eigenvalue weighted by Gasteiger charge is 2.22. The van der Waals surface area contributed by atoms with E-state index in [4.69, 9.17) is 5.73 Å². The number of nitro benzene ring substituents is 1. The van der Waals surface area contributed by atoms with Crippen LogP contribution in [0, 0.1) is 10.1 Å². The molecular weight excluding hydrogens is 238 g/mol. The quantitative estimate of drug-likeness (QED) is 0.426. The third kappa shape index (κ3) is 3.00. The Morgan fingerprint density at radius 3 is 2.47 bits per heavy atom. The fourth-order valence-corrected chi connectivity index (χ4v) is 1.31. The van der Waals surface area contributed by atoms with Gasteiger partial charge in [-0.25, -0.2) is 8.78 Å². The van der Waals surface area contributed by atoms with Crippen molar-refractivity contribution in [1.82, 2.24) is 0 Å². The lowest BCUT2D eigenvalue weighted by Gasteiger charge is -2.12. The molecule has 4 N–H and O–H groups in total. The number of halogens is 2. The molecular formula is C9H10F2N2O4. The predicted octanol–water partition coefficient (Wildman–Crippen LogP) is 1.66. The van der Waals surface area contributed by atoms with E-state index in [1.807, 2.05) is 0 Å². The van der Waals surface area contributed by atoms with E-state index in [2.05, 4.69) is 0 Å². The van der Waals surface area contributed by atoms with Crippen LogP contribution in [0.1, 0.15) is 18.0 Å². The minimum absolute atomic E-state index is 0.0349. The first-order chi connectivity index (χ1) is 7.82. The Labute approximate surface area is 94.4 Å². The van der Waals surface area contributed by atoms with Crippen LogP contribution < -0.4 is 5.73 Å². The van der Waals surface area contributed by atoms with E-state index in [-0.39, 0.29) is 5.56 Å². The first-order valence-electron chi connectivity index (χ1n) is 4.57. The van der Waals surface area contributed by atoms with Crippen molar-refractivity contribution in [3.05, 3.63) is 27.8 Å². The maximum Gasteiger partial charge on any atom is 0.314 e. The van der Waals surface area contributed by atoms with Crippen LogP contribution in [0.3, 0.4) is 0 Å². The molecule has 0 aliphatic heterocycles. The summed E-state index contributed by atoms with van der Waals surface area (Å²) in [6.45, 7) is 0. The zero-order valence-corrected chi connectivity index (χ0v) is 8.51. The topological polar surface area (TPSA) is 110 Å². The molecule has 0 saturated heterocycles. The van der Waals surface area contributed by atoms with Crippen molar-refractivity contribution in [2.45, 2.75) is 18.9 Å². The summed E-state index contributed by atoms with van der Waals surface area (Å²) in [7, 11) is 0. The van der Waals surface area contributed by atoms with Crippen molar-refractivity contribution < 1.29 is 23.9 Å². The largest absolute Gasteiger partial charge is 0.504 e. The number of alkyl halides is 2. The molecule has 0 aliphatic carbocycles. The molecule has 6 nitrogen and oxygen atoms in total. The standard InChI is InChI=1S/C9H10F2N2O4/c10-8(11)3-5(12)4-1-6(13(16)17)9(15)7(14)2-4/h1-2,5,8,14-15H,3,12H2/t5-/m0/s1. The van der Waals surface area contributed by atoms with Gasteiger partial charge >= 0.3 is 5.69 Å². The highest BCUT2D eigenvalue weighted by atomic mass is 19.3. The van der Waals surface area contributed by atoms with Gasteiger partial charge in [0.1, 0.15) is 0 Å². The molecule has 0 spiro atoms. The van der Waals surface area contributed by atoms with Crippen molar-refractivity contribution >= 4 is 5.69 Å². The second-order valence-electron chi connectivity index (χ2n) is 3.40. The molecule has 0 aromatic heterocycles. The normalized spacial score (nSPS) is 12.7. The van der Waals surface area contributed by atoms with E-state index in [1.54, 1.807) is 0 Å². The summed E-state index contributed by atoms with van der Waals surface area (Å²) < 4.78 is 24.2. The summed E-state index contributed by atoms with van der Waals surface area (Å²) in [6.07, 6.45) is -3.36. The molecule has 0 radical (unpaired) electrons. The molecule has 0 saturated carbocycles. The molecule has 0 heterocycles. The number of rotatable bonds is 4. The molecule has 1 atom stereocenters. The number of nitrogens with zero attached hydrogens (tertiary/aromatic N) is 1. The van der Waals surface area contributed by atoms with Crippen LogP contribution in [0.2, 0.25) is 0 Å². The highest BCUT2D eigenvalue weighted by molar-refractivity contribution is 5.56. The number of nitro groups is 1. The summed E-state index contributed by atoms with van der Waals surface area (Å²) in [6, 6.07) is 0.637. The average Bonchev–Trinajstić information content (AvgIpc) is 2.20.